The molecule has 0 fully saturated rings. The third kappa shape index (κ3) is 5.07. The Bertz CT molecular complexity index is 1170. The first kappa shape index (κ1) is 25.2. The molecule has 3 N–H and O–H groups in total. The predicted molar refractivity (Wildman–Crippen MR) is 133 cm³/mol. The van der Waals surface area contributed by atoms with E-state index in [0.717, 1.165) is 25.7 Å². The van der Waals surface area contributed by atoms with E-state index >= 15 is 0 Å². The molecular weight excluding hydrogens is 430 g/mol. The summed E-state index contributed by atoms with van der Waals surface area (Å²) >= 11 is 0. The molecule has 0 saturated heterocycles. The fourth-order valence-corrected chi connectivity index (χ4v) is 4.51. The van der Waals surface area contributed by atoms with Crippen LogP contribution in [0, 0.1) is 5.92 Å². The molecule has 0 aliphatic rings. The van der Waals surface area contributed by atoms with E-state index in [4.69, 9.17) is 0 Å². The summed E-state index contributed by atoms with van der Waals surface area (Å²) in [7, 11) is 1.75. The van der Waals surface area contributed by atoms with Crippen molar-refractivity contribution in [2.75, 3.05) is 13.6 Å². The summed E-state index contributed by atoms with van der Waals surface area (Å²) < 4.78 is 0. The van der Waals surface area contributed by atoms with Crippen LogP contribution in [0.4, 0.5) is 0 Å². The van der Waals surface area contributed by atoms with Gasteiger partial charge < -0.3 is 20.2 Å². The highest BCUT2D eigenvalue weighted by Crippen LogP contribution is 2.39. The van der Waals surface area contributed by atoms with Gasteiger partial charge in [-0.3, -0.25) is 9.59 Å². The second kappa shape index (κ2) is 11.2. The monoisotopic (exact) mass is 463 g/mol. The maximum atomic E-state index is 13.5. The van der Waals surface area contributed by atoms with Gasteiger partial charge in [-0.2, -0.15) is 0 Å². The number of aliphatic hydroxyl groups is 1. The summed E-state index contributed by atoms with van der Waals surface area (Å²) in [6.07, 6.45) is 3.58. The lowest BCUT2D eigenvalue weighted by Gasteiger charge is -2.25. The molecule has 6 heteroatoms. The summed E-state index contributed by atoms with van der Waals surface area (Å²) in [6, 6.07) is 12.4. The van der Waals surface area contributed by atoms with Crippen molar-refractivity contribution in [2.45, 2.75) is 45.6 Å². The van der Waals surface area contributed by atoms with Crippen molar-refractivity contribution in [1.29, 1.82) is 0 Å². The molecule has 1 amide bonds. The number of unbranched alkanes of at least 4 members (excludes halogenated alkanes) is 1. The van der Waals surface area contributed by atoms with E-state index in [9.17, 15) is 24.9 Å². The fraction of sp³-hybridized carbons (Fsp3) is 0.357. The molecule has 0 aliphatic heterocycles. The van der Waals surface area contributed by atoms with Crippen molar-refractivity contribution in [1.82, 2.24) is 4.90 Å². The predicted octanol–water partition coefficient (Wildman–Crippen LogP) is 5.43. The number of carbonyl (C=O) groups is 2. The number of aliphatic hydroxyl groups excluding tert-OH is 1. The van der Waals surface area contributed by atoms with Gasteiger partial charge in [-0.25, -0.2) is 0 Å². The Kier molecular flexibility index (Phi) is 8.29. The van der Waals surface area contributed by atoms with Gasteiger partial charge in [0.2, 0.25) is 0 Å². The van der Waals surface area contributed by atoms with Crippen molar-refractivity contribution >= 4 is 23.0 Å². The van der Waals surface area contributed by atoms with Crippen LogP contribution >= 0.6 is 0 Å². The Morgan fingerprint density at radius 1 is 0.971 bits per heavy atom. The van der Waals surface area contributed by atoms with Crippen molar-refractivity contribution in [3.8, 4) is 11.5 Å². The highest BCUT2D eigenvalue weighted by atomic mass is 16.3. The number of hydrogen-bond acceptors (Lipinski definition) is 5. The first-order chi connectivity index (χ1) is 16.3. The molecule has 0 bridgehead atoms. The van der Waals surface area contributed by atoms with E-state index in [1.807, 2.05) is 0 Å². The smallest absolute Gasteiger partial charge is 0.254 e. The van der Waals surface area contributed by atoms with E-state index < -0.39 is 6.10 Å². The summed E-state index contributed by atoms with van der Waals surface area (Å²) in [5.41, 5.74) is 1.09. The van der Waals surface area contributed by atoms with Crippen molar-refractivity contribution in [2.24, 2.45) is 5.92 Å². The van der Waals surface area contributed by atoms with Crippen molar-refractivity contribution < 1.29 is 24.9 Å². The molecule has 0 saturated carbocycles. The molecule has 3 aromatic carbocycles. The molecule has 0 aliphatic carbocycles. The zero-order chi connectivity index (χ0) is 24.8. The Hall–Kier alpha value is -3.38. The van der Waals surface area contributed by atoms with E-state index in [1.54, 1.807) is 36.2 Å². The molecule has 180 valence electrons. The average Bonchev–Trinajstić information content (AvgIpc) is 2.85. The average molecular weight is 464 g/mol. The van der Waals surface area contributed by atoms with Crippen molar-refractivity contribution in [3.05, 3.63) is 70.8 Å². The first-order valence-electron chi connectivity index (χ1n) is 11.8. The first-order valence-corrected chi connectivity index (χ1v) is 11.8. The second-order valence-electron chi connectivity index (χ2n) is 8.81. The SMILES string of the molecule is CCCCC(CC)CN(C)C(=O)c1ccc(O)c2c(C(O)c3ccccc3O)ccc(C=O)c12. The molecular formula is C28H33NO5. The molecule has 34 heavy (non-hydrogen) atoms. The molecule has 2 unspecified atom stereocenters. The molecule has 3 rings (SSSR count). The van der Waals surface area contributed by atoms with Crippen LogP contribution in [0.2, 0.25) is 0 Å². The molecule has 0 spiro atoms. The normalized spacial score (nSPS) is 12.9. The molecule has 0 heterocycles. The number of phenols is 2. The van der Waals surface area contributed by atoms with Gasteiger partial charge in [0.05, 0.1) is 0 Å². The topological polar surface area (TPSA) is 98.1 Å². The van der Waals surface area contributed by atoms with E-state index in [0.29, 0.717) is 29.7 Å². The largest absolute Gasteiger partial charge is 0.508 e. The van der Waals surface area contributed by atoms with Crippen LogP contribution in [0.25, 0.3) is 10.8 Å². The number of fused-ring (bicyclic) bond motifs is 1. The maximum Gasteiger partial charge on any atom is 0.254 e. The van der Waals surface area contributed by atoms with Gasteiger partial charge in [0.15, 0.2) is 6.29 Å². The molecule has 0 aromatic heterocycles. The lowest BCUT2D eigenvalue weighted by molar-refractivity contribution is 0.0769. The summed E-state index contributed by atoms with van der Waals surface area (Å²) in [4.78, 5) is 27.1. The molecule has 0 radical (unpaired) electrons. The van der Waals surface area contributed by atoms with Crippen LogP contribution in [-0.2, 0) is 0 Å². The van der Waals surface area contributed by atoms with Crippen LogP contribution in [0.1, 0.15) is 77.5 Å². The number of nitrogens with zero attached hydrogens (tertiary/aromatic N) is 1. The Labute approximate surface area is 200 Å². The summed E-state index contributed by atoms with van der Waals surface area (Å²) in [5, 5.41) is 32.6. The number of carbonyl (C=O) groups excluding carboxylic acids is 2. The lowest BCUT2D eigenvalue weighted by atomic mass is 9.90. The highest BCUT2D eigenvalue weighted by Gasteiger charge is 2.25. The Morgan fingerprint density at radius 3 is 2.35 bits per heavy atom. The van der Waals surface area contributed by atoms with Crippen LogP contribution in [-0.4, -0.2) is 46.0 Å². The Balaban J connectivity index is 2.11. The number of hydrogen-bond donors (Lipinski definition) is 3. The number of aromatic hydroxyl groups is 2. The van der Waals surface area contributed by atoms with E-state index in [2.05, 4.69) is 13.8 Å². The molecule has 6 nitrogen and oxygen atoms in total. The van der Waals surface area contributed by atoms with Gasteiger partial charge in [-0.05, 0) is 36.1 Å². The second-order valence-corrected chi connectivity index (χ2v) is 8.81. The summed E-state index contributed by atoms with van der Waals surface area (Å²) in [6.45, 7) is 4.85. The fourth-order valence-electron chi connectivity index (χ4n) is 4.51. The van der Waals surface area contributed by atoms with Crippen LogP contribution in [0.5, 0.6) is 11.5 Å². The zero-order valence-electron chi connectivity index (χ0n) is 20.0. The molecule has 3 aromatic rings. The quantitative estimate of drug-likeness (QED) is 0.348. The number of para-hydroxylation sites is 1. The van der Waals surface area contributed by atoms with Crippen LogP contribution < -0.4 is 0 Å². The molecule has 2 atom stereocenters. The van der Waals surface area contributed by atoms with Gasteiger partial charge in [0.25, 0.3) is 5.91 Å². The Morgan fingerprint density at radius 2 is 1.71 bits per heavy atom. The van der Waals surface area contributed by atoms with Crippen LogP contribution in [0.3, 0.4) is 0 Å². The lowest BCUT2D eigenvalue weighted by Crippen LogP contribution is -2.32. The standard InChI is InChI=1S/C28H33NO5/c1-4-6-9-18(5-2)16-29(3)28(34)22-14-15-24(32)26-21(13-12-19(17-30)25(22)26)27(33)20-10-7-8-11-23(20)31/h7-8,10-15,17-18,27,31-33H,4-6,9,16H2,1-3H3. The van der Waals surface area contributed by atoms with Gasteiger partial charge in [0.1, 0.15) is 17.6 Å². The number of rotatable bonds is 10. The zero-order valence-corrected chi connectivity index (χ0v) is 20.0. The third-order valence-corrected chi connectivity index (χ3v) is 6.51. The maximum absolute atomic E-state index is 13.5. The van der Waals surface area contributed by atoms with Gasteiger partial charge >= 0.3 is 0 Å². The van der Waals surface area contributed by atoms with Gasteiger partial charge in [-0.15, -0.1) is 0 Å². The minimum atomic E-state index is -1.27. The van der Waals surface area contributed by atoms with Crippen LogP contribution in [0.15, 0.2) is 48.5 Å². The summed E-state index contributed by atoms with van der Waals surface area (Å²) in [5.74, 6) is -0.123. The van der Waals surface area contributed by atoms with Gasteiger partial charge in [0, 0.05) is 41.1 Å². The van der Waals surface area contributed by atoms with E-state index in [1.165, 1.54) is 24.3 Å². The number of aldehydes is 1. The van der Waals surface area contributed by atoms with E-state index in [-0.39, 0.29) is 39.5 Å². The number of benzene rings is 3. The third-order valence-electron chi connectivity index (χ3n) is 6.51. The minimum absolute atomic E-state index is 0.0910. The van der Waals surface area contributed by atoms with Crippen molar-refractivity contribution in [3.63, 3.8) is 0 Å². The minimum Gasteiger partial charge on any atom is -0.508 e. The number of amides is 1. The highest BCUT2D eigenvalue weighted by molar-refractivity contribution is 6.14. The number of phenolic OH excluding ortho intramolecular Hbond substituents is 2. The van der Waals surface area contributed by atoms with Gasteiger partial charge in [-0.1, -0.05) is 63.4 Å².